The Morgan fingerprint density at radius 1 is 1.27 bits per heavy atom. The first-order valence-corrected chi connectivity index (χ1v) is 8.79. The molecular weight excluding hydrogens is 396 g/mol. The highest BCUT2D eigenvalue weighted by Crippen LogP contribution is 2.43. The van der Waals surface area contributed by atoms with Crippen LogP contribution in [-0.4, -0.2) is 18.3 Å². The van der Waals surface area contributed by atoms with Crippen molar-refractivity contribution >= 4 is 40.8 Å². The van der Waals surface area contributed by atoms with Gasteiger partial charge in [0, 0.05) is 33.4 Å². The molecule has 0 bridgehead atoms. The Labute approximate surface area is 163 Å². The highest BCUT2D eigenvalue weighted by atomic mass is 35.5. The van der Waals surface area contributed by atoms with Gasteiger partial charge in [-0.15, -0.1) is 11.3 Å². The van der Waals surface area contributed by atoms with Gasteiger partial charge < -0.3 is 5.73 Å². The monoisotopic (exact) mass is 407 g/mol. The number of thiophene rings is 1. The van der Waals surface area contributed by atoms with E-state index in [0.29, 0.717) is 42.8 Å². The molecule has 3 aromatic rings. The topological polar surface area (TPSA) is 79.8 Å². The van der Waals surface area contributed by atoms with E-state index >= 15 is 0 Å². The second kappa shape index (κ2) is 8.88. The zero-order chi connectivity index (χ0) is 19.3. The van der Waals surface area contributed by atoms with Gasteiger partial charge in [-0.2, -0.15) is 9.65 Å². The molecule has 2 aromatic heterocycles. The van der Waals surface area contributed by atoms with Gasteiger partial charge in [0.2, 0.25) is 5.95 Å². The number of nitrogens with two attached hydrogens (primary N) is 1. The van der Waals surface area contributed by atoms with E-state index in [1.807, 2.05) is 0 Å². The van der Waals surface area contributed by atoms with Crippen LogP contribution in [0.15, 0.2) is 36.5 Å². The maximum Gasteiger partial charge on any atom is 0.213 e. The fourth-order valence-corrected chi connectivity index (χ4v) is 3.92. The van der Waals surface area contributed by atoms with E-state index in [2.05, 4.69) is 16.8 Å². The zero-order valence-corrected chi connectivity index (χ0v) is 15.8. The molecule has 0 unspecified atom stereocenters. The van der Waals surface area contributed by atoms with Crippen molar-refractivity contribution in [2.24, 2.45) is 5.73 Å². The summed E-state index contributed by atoms with van der Waals surface area (Å²) in [6, 6.07) is 9.71. The summed E-state index contributed by atoms with van der Waals surface area (Å²) in [6.07, 6.45) is 1.97. The van der Waals surface area contributed by atoms with Crippen LogP contribution in [0.2, 0.25) is 10.0 Å². The standard InChI is InChI=1S/C17H7Cl2FN2OS.CH5N/c18-10-1-2-11(13(19)6-10)16-12(7-21)17(24-14(16)8-23)9-3-4-22-15(20)5-9;1-2/h1-6,8H;2H2,1H3. The molecule has 0 saturated carbocycles. The van der Waals surface area contributed by atoms with Gasteiger partial charge in [-0.25, -0.2) is 4.98 Å². The first kappa shape index (κ1) is 20.0. The molecule has 0 spiro atoms. The average Bonchev–Trinajstić information content (AvgIpc) is 3.02. The summed E-state index contributed by atoms with van der Waals surface area (Å²) in [6.45, 7) is 0. The van der Waals surface area contributed by atoms with Gasteiger partial charge in [0.1, 0.15) is 6.07 Å². The highest BCUT2D eigenvalue weighted by molar-refractivity contribution is 7.18. The highest BCUT2D eigenvalue weighted by Gasteiger charge is 2.22. The largest absolute Gasteiger partial charge is 0.333 e. The van der Waals surface area contributed by atoms with Crippen molar-refractivity contribution in [1.29, 1.82) is 5.26 Å². The minimum absolute atomic E-state index is 0.261. The zero-order valence-electron chi connectivity index (χ0n) is 13.5. The molecule has 0 aliphatic rings. The van der Waals surface area contributed by atoms with Crippen molar-refractivity contribution in [2.75, 3.05) is 7.05 Å². The minimum Gasteiger partial charge on any atom is -0.333 e. The fraction of sp³-hybridized carbons (Fsp3) is 0.0556. The molecule has 0 aliphatic carbocycles. The fourth-order valence-electron chi connectivity index (χ4n) is 2.34. The van der Waals surface area contributed by atoms with E-state index in [-0.39, 0.29) is 5.56 Å². The van der Waals surface area contributed by atoms with Crippen LogP contribution in [0.1, 0.15) is 15.2 Å². The number of nitriles is 1. The lowest BCUT2D eigenvalue weighted by Gasteiger charge is -2.05. The molecular formula is C18H12Cl2FN3OS. The second-order valence-electron chi connectivity index (χ2n) is 4.77. The SMILES string of the molecule is CN.N#Cc1c(-c2ccnc(F)c2)sc(C=O)c1-c1ccc(Cl)cc1Cl. The maximum atomic E-state index is 13.4. The number of hydrogen-bond donors (Lipinski definition) is 1. The lowest BCUT2D eigenvalue weighted by atomic mass is 9.99. The number of hydrogen-bond acceptors (Lipinski definition) is 5. The number of benzene rings is 1. The molecule has 4 nitrogen and oxygen atoms in total. The summed E-state index contributed by atoms with van der Waals surface area (Å²) in [7, 11) is 1.50. The van der Waals surface area contributed by atoms with Crippen LogP contribution in [0.5, 0.6) is 0 Å². The molecule has 1 aromatic carbocycles. The third kappa shape index (κ3) is 3.92. The van der Waals surface area contributed by atoms with Crippen LogP contribution in [0.25, 0.3) is 21.6 Å². The van der Waals surface area contributed by atoms with Crippen molar-refractivity contribution < 1.29 is 9.18 Å². The number of carbonyl (C=O) groups excluding carboxylic acids is 1. The Kier molecular flexibility index (Phi) is 6.83. The van der Waals surface area contributed by atoms with E-state index < -0.39 is 5.95 Å². The maximum absolute atomic E-state index is 13.4. The number of rotatable bonds is 3. The predicted octanol–water partition coefficient (Wildman–Crippen LogP) is 5.18. The Morgan fingerprint density at radius 2 is 2.00 bits per heavy atom. The predicted molar refractivity (Wildman–Crippen MR) is 103 cm³/mol. The van der Waals surface area contributed by atoms with Crippen molar-refractivity contribution in [2.45, 2.75) is 0 Å². The third-order valence-corrected chi connectivity index (χ3v) is 5.06. The minimum atomic E-state index is -0.663. The summed E-state index contributed by atoms with van der Waals surface area (Å²) in [5, 5.41) is 10.4. The summed E-state index contributed by atoms with van der Waals surface area (Å²) in [5.41, 5.74) is 6.18. The van der Waals surface area contributed by atoms with Gasteiger partial charge in [-0.1, -0.05) is 29.3 Å². The van der Waals surface area contributed by atoms with Crippen LogP contribution in [0, 0.1) is 17.3 Å². The van der Waals surface area contributed by atoms with Crippen LogP contribution in [-0.2, 0) is 0 Å². The lowest BCUT2D eigenvalue weighted by Crippen LogP contribution is -1.88. The number of carbonyl (C=O) groups is 1. The number of halogens is 3. The van der Waals surface area contributed by atoms with Crippen LogP contribution < -0.4 is 5.73 Å². The normalized spacial score (nSPS) is 9.85. The van der Waals surface area contributed by atoms with E-state index in [1.54, 1.807) is 18.2 Å². The summed E-state index contributed by atoms with van der Waals surface area (Å²) < 4.78 is 13.4. The van der Waals surface area contributed by atoms with Gasteiger partial charge >= 0.3 is 0 Å². The number of aldehydes is 1. The first-order chi connectivity index (χ1) is 12.5. The number of pyridine rings is 1. The van der Waals surface area contributed by atoms with Crippen LogP contribution in [0.4, 0.5) is 4.39 Å². The third-order valence-electron chi connectivity index (χ3n) is 3.34. The molecule has 2 N–H and O–H groups in total. The van der Waals surface area contributed by atoms with Crippen molar-refractivity contribution in [1.82, 2.24) is 4.98 Å². The van der Waals surface area contributed by atoms with Crippen LogP contribution >= 0.6 is 34.5 Å². The Balaban J connectivity index is 0.00000117. The Hall–Kier alpha value is -2.30. The molecule has 0 aliphatic heterocycles. The molecule has 132 valence electrons. The number of aromatic nitrogens is 1. The molecule has 3 rings (SSSR count). The van der Waals surface area contributed by atoms with Gasteiger partial charge in [0.15, 0.2) is 6.29 Å². The molecule has 0 fully saturated rings. The molecule has 0 radical (unpaired) electrons. The van der Waals surface area contributed by atoms with E-state index in [9.17, 15) is 14.4 Å². The second-order valence-corrected chi connectivity index (χ2v) is 6.66. The van der Waals surface area contributed by atoms with Gasteiger partial charge in [-0.05, 0) is 30.8 Å². The Bertz CT molecular complexity index is 999. The van der Waals surface area contributed by atoms with Crippen LogP contribution in [0.3, 0.4) is 0 Å². The average molecular weight is 408 g/mol. The van der Waals surface area contributed by atoms with E-state index in [1.165, 1.54) is 25.4 Å². The van der Waals surface area contributed by atoms with Gasteiger partial charge in [0.05, 0.1) is 15.3 Å². The molecule has 26 heavy (non-hydrogen) atoms. The summed E-state index contributed by atoms with van der Waals surface area (Å²) >= 11 is 13.2. The van der Waals surface area contributed by atoms with E-state index in [0.717, 1.165) is 11.3 Å². The van der Waals surface area contributed by atoms with Gasteiger partial charge in [-0.3, -0.25) is 4.79 Å². The first-order valence-electron chi connectivity index (χ1n) is 7.22. The Morgan fingerprint density at radius 3 is 2.58 bits per heavy atom. The molecule has 0 saturated heterocycles. The van der Waals surface area contributed by atoms with Crippen molar-refractivity contribution in [3.8, 4) is 27.6 Å². The smallest absolute Gasteiger partial charge is 0.213 e. The van der Waals surface area contributed by atoms with Crippen molar-refractivity contribution in [3.05, 3.63) is 63.0 Å². The molecule has 0 amide bonds. The number of nitrogens with zero attached hydrogens (tertiary/aromatic N) is 2. The lowest BCUT2D eigenvalue weighted by molar-refractivity contribution is 0.112. The quantitative estimate of drug-likeness (QED) is 0.478. The summed E-state index contributed by atoms with van der Waals surface area (Å²) in [4.78, 5) is 15.8. The van der Waals surface area contributed by atoms with Gasteiger partial charge in [0.25, 0.3) is 0 Å². The van der Waals surface area contributed by atoms with E-state index in [4.69, 9.17) is 23.2 Å². The summed E-state index contributed by atoms with van der Waals surface area (Å²) in [5.74, 6) is -0.663. The molecule has 2 heterocycles. The molecule has 0 atom stereocenters. The molecule has 8 heteroatoms. The van der Waals surface area contributed by atoms with Crippen molar-refractivity contribution in [3.63, 3.8) is 0 Å².